The summed E-state index contributed by atoms with van der Waals surface area (Å²) in [6.07, 6.45) is 4.84. The van der Waals surface area contributed by atoms with Gasteiger partial charge < -0.3 is 5.11 Å². The monoisotopic (exact) mass is 150 g/mol. The molecule has 3 heteroatoms. The molecular weight excluding hydrogens is 140 g/mol. The van der Waals surface area contributed by atoms with Gasteiger partial charge in [-0.15, -0.1) is 0 Å². The van der Waals surface area contributed by atoms with E-state index < -0.39 is 0 Å². The van der Waals surface area contributed by atoms with E-state index >= 15 is 0 Å². The lowest BCUT2D eigenvalue weighted by Gasteiger charge is -1.93. The highest BCUT2D eigenvalue weighted by molar-refractivity contribution is 5.44. The first-order chi connectivity index (χ1) is 5.18. The van der Waals surface area contributed by atoms with Crippen molar-refractivity contribution in [2.24, 2.45) is 0 Å². The van der Waals surface area contributed by atoms with Crippen molar-refractivity contribution in [3.05, 3.63) is 29.5 Å². The predicted octanol–water partition coefficient (Wildman–Crippen LogP) is 1.70. The fourth-order valence-electron chi connectivity index (χ4n) is 0.766. The van der Waals surface area contributed by atoms with E-state index in [-0.39, 0.29) is 5.76 Å². The SMILES string of the molecule is C/C(O)=C/c1cncc(C)n1. The maximum Gasteiger partial charge on any atom is 0.0913 e. The molecule has 11 heavy (non-hydrogen) atoms. The van der Waals surface area contributed by atoms with E-state index in [1.807, 2.05) is 6.92 Å². The lowest BCUT2D eigenvalue weighted by Crippen LogP contribution is -1.87. The Morgan fingerprint density at radius 1 is 1.55 bits per heavy atom. The number of hydrogen-bond acceptors (Lipinski definition) is 3. The molecule has 0 radical (unpaired) electrons. The number of allylic oxidation sites excluding steroid dienone is 1. The lowest BCUT2D eigenvalue weighted by molar-refractivity contribution is 0.419. The van der Waals surface area contributed by atoms with Crippen LogP contribution in [0, 0.1) is 6.92 Å². The van der Waals surface area contributed by atoms with Gasteiger partial charge in [-0.2, -0.15) is 0 Å². The van der Waals surface area contributed by atoms with Crippen LogP contribution in [-0.2, 0) is 0 Å². The summed E-state index contributed by atoms with van der Waals surface area (Å²) in [5.74, 6) is 0.241. The Kier molecular flexibility index (Phi) is 2.21. The second-order valence-electron chi connectivity index (χ2n) is 2.37. The molecule has 0 saturated carbocycles. The standard InChI is InChI=1S/C8H10N2O/c1-6-4-9-5-8(10-6)3-7(2)11/h3-5,11H,1-2H3/b7-3-. The van der Waals surface area contributed by atoms with Crippen LogP contribution in [0.4, 0.5) is 0 Å². The van der Waals surface area contributed by atoms with Crippen molar-refractivity contribution in [1.29, 1.82) is 0 Å². The first-order valence-corrected chi connectivity index (χ1v) is 3.34. The van der Waals surface area contributed by atoms with Gasteiger partial charge in [0.2, 0.25) is 0 Å². The topological polar surface area (TPSA) is 46.0 Å². The Hall–Kier alpha value is -1.38. The third-order valence-corrected chi connectivity index (χ3v) is 1.13. The fourth-order valence-corrected chi connectivity index (χ4v) is 0.766. The summed E-state index contributed by atoms with van der Waals surface area (Å²) in [4.78, 5) is 8.03. The summed E-state index contributed by atoms with van der Waals surface area (Å²) >= 11 is 0. The molecule has 0 aliphatic rings. The second kappa shape index (κ2) is 3.14. The summed E-state index contributed by atoms with van der Waals surface area (Å²) in [5, 5.41) is 8.89. The Bertz CT molecular complexity index is 277. The smallest absolute Gasteiger partial charge is 0.0913 e. The summed E-state index contributed by atoms with van der Waals surface area (Å²) in [5.41, 5.74) is 1.53. The minimum Gasteiger partial charge on any atom is -0.513 e. The molecule has 1 N–H and O–H groups in total. The summed E-state index contributed by atoms with van der Waals surface area (Å²) < 4.78 is 0. The molecule has 1 heterocycles. The molecule has 0 aromatic carbocycles. The molecule has 0 bridgehead atoms. The maximum atomic E-state index is 8.89. The van der Waals surface area contributed by atoms with Crippen molar-refractivity contribution in [1.82, 2.24) is 9.97 Å². The van der Waals surface area contributed by atoms with E-state index in [1.54, 1.807) is 25.4 Å². The molecule has 1 aromatic heterocycles. The Labute approximate surface area is 65.4 Å². The molecule has 0 fully saturated rings. The van der Waals surface area contributed by atoms with E-state index in [0.29, 0.717) is 5.69 Å². The van der Waals surface area contributed by atoms with Crippen LogP contribution in [0.15, 0.2) is 18.2 Å². The van der Waals surface area contributed by atoms with E-state index in [1.165, 1.54) is 0 Å². The van der Waals surface area contributed by atoms with Crippen molar-refractivity contribution in [2.75, 3.05) is 0 Å². The number of hydrogen-bond donors (Lipinski definition) is 1. The average Bonchev–Trinajstić information content (AvgIpc) is 1.85. The maximum absolute atomic E-state index is 8.89. The minimum absolute atomic E-state index is 0.241. The molecule has 0 spiro atoms. The molecule has 0 unspecified atom stereocenters. The highest BCUT2D eigenvalue weighted by Gasteiger charge is 1.90. The van der Waals surface area contributed by atoms with Gasteiger partial charge in [0.15, 0.2) is 0 Å². The second-order valence-corrected chi connectivity index (χ2v) is 2.37. The minimum atomic E-state index is 0.241. The molecule has 3 nitrogen and oxygen atoms in total. The Morgan fingerprint density at radius 2 is 2.27 bits per heavy atom. The third kappa shape index (κ3) is 2.37. The van der Waals surface area contributed by atoms with Gasteiger partial charge >= 0.3 is 0 Å². The Morgan fingerprint density at radius 3 is 2.82 bits per heavy atom. The van der Waals surface area contributed by atoms with Crippen molar-refractivity contribution in [3.63, 3.8) is 0 Å². The van der Waals surface area contributed by atoms with Gasteiger partial charge in [-0.05, 0) is 13.8 Å². The highest BCUT2D eigenvalue weighted by atomic mass is 16.3. The first-order valence-electron chi connectivity index (χ1n) is 3.34. The predicted molar refractivity (Wildman–Crippen MR) is 43.0 cm³/mol. The van der Waals surface area contributed by atoms with Gasteiger partial charge in [0.1, 0.15) is 0 Å². The number of aliphatic hydroxyl groups is 1. The summed E-state index contributed by atoms with van der Waals surface area (Å²) in [6, 6.07) is 0. The largest absolute Gasteiger partial charge is 0.513 e. The number of nitrogens with zero attached hydrogens (tertiary/aromatic N) is 2. The van der Waals surface area contributed by atoms with E-state index in [9.17, 15) is 0 Å². The summed E-state index contributed by atoms with van der Waals surface area (Å²) in [7, 11) is 0. The first kappa shape index (κ1) is 7.72. The van der Waals surface area contributed by atoms with Crippen LogP contribution < -0.4 is 0 Å². The number of rotatable bonds is 1. The quantitative estimate of drug-likeness (QED) is 0.620. The van der Waals surface area contributed by atoms with E-state index in [2.05, 4.69) is 9.97 Å². The molecular formula is C8H10N2O. The van der Waals surface area contributed by atoms with Crippen molar-refractivity contribution >= 4 is 6.08 Å². The lowest BCUT2D eigenvalue weighted by atomic mass is 10.3. The number of aromatic nitrogens is 2. The van der Waals surface area contributed by atoms with Crippen LogP contribution in [-0.4, -0.2) is 15.1 Å². The molecule has 0 saturated heterocycles. The Balaban J connectivity index is 2.97. The van der Waals surface area contributed by atoms with Crippen LogP contribution >= 0.6 is 0 Å². The molecule has 0 atom stereocenters. The van der Waals surface area contributed by atoms with Gasteiger partial charge in [-0.1, -0.05) is 0 Å². The molecule has 1 aromatic rings. The van der Waals surface area contributed by atoms with Gasteiger partial charge in [-0.25, -0.2) is 0 Å². The molecule has 0 aliphatic heterocycles. The van der Waals surface area contributed by atoms with Crippen LogP contribution in [0.1, 0.15) is 18.3 Å². The van der Waals surface area contributed by atoms with E-state index in [4.69, 9.17) is 5.11 Å². The van der Waals surface area contributed by atoms with Crippen LogP contribution in [0.25, 0.3) is 6.08 Å². The van der Waals surface area contributed by atoms with Gasteiger partial charge in [0.25, 0.3) is 0 Å². The van der Waals surface area contributed by atoms with Crippen molar-refractivity contribution < 1.29 is 5.11 Å². The average molecular weight is 150 g/mol. The summed E-state index contributed by atoms with van der Waals surface area (Å²) in [6.45, 7) is 3.46. The molecule has 0 aliphatic carbocycles. The third-order valence-electron chi connectivity index (χ3n) is 1.13. The van der Waals surface area contributed by atoms with Crippen LogP contribution in [0.2, 0.25) is 0 Å². The van der Waals surface area contributed by atoms with Gasteiger partial charge in [0.05, 0.1) is 23.3 Å². The van der Waals surface area contributed by atoms with Gasteiger partial charge in [0, 0.05) is 12.3 Å². The van der Waals surface area contributed by atoms with Crippen LogP contribution in [0.5, 0.6) is 0 Å². The number of aryl methyl sites for hydroxylation is 1. The number of aliphatic hydroxyl groups excluding tert-OH is 1. The van der Waals surface area contributed by atoms with Crippen molar-refractivity contribution in [2.45, 2.75) is 13.8 Å². The van der Waals surface area contributed by atoms with Gasteiger partial charge in [-0.3, -0.25) is 9.97 Å². The van der Waals surface area contributed by atoms with E-state index in [0.717, 1.165) is 5.69 Å². The zero-order chi connectivity index (χ0) is 8.27. The fraction of sp³-hybridized carbons (Fsp3) is 0.250. The highest BCUT2D eigenvalue weighted by Crippen LogP contribution is 1.99. The van der Waals surface area contributed by atoms with Crippen LogP contribution in [0.3, 0.4) is 0 Å². The molecule has 0 amide bonds. The normalized spacial score (nSPS) is 11.6. The zero-order valence-electron chi connectivity index (χ0n) is 6.57. The molecule has 1 rings (SSSR count). The molecule has 58 valence electrons. The zero-order valence-corrected chi connectivity index (χ0v) is 6.57. The van der Waals surface area contributed by atoms with Crippen molar-refractivity contribution in [3.8, 4) is 0 Å².